The molecule has 1 saturated carbocycles. The van der Waals surface area contributed by atoms with Crippen molar-refractivity contribution in [1.29, 1.82) is 0 Å². The molecule has 6 heteroatoms. The number of rotatable bonds is 6. The van der Waals surface area contributed by atoms with Crippen molar-refractivity contribution in [3.63, 3.8) is 0 Å². The van der Waals surface area contributed by atoms with E-state index >= 15 is 0 Å². The summed E-state index contributed by atoms with van der Waals surface area (Å²) in [6, 6.07) is -1.21. The van der Waals surface area contributed by atoms with Gasteiger partial charge in [0.2, 0.25) is 0 Å². The number of urea groups is 1. The fourth-order valence-electron chi connectivity index (χ4n) is 2.87. The molecule has 0 aromatic carbocycles. The van der Waals surface area contributed by atoms with Crippen molar-refractivity contribution in [2.24, 2.45) is 5.41 Å². The van der Waals surface area contributed by atoms with Gasteiger partial charge in [0.25, 0.3) is 0 Å². The maximum Gasteiger partial charge on any atom is 1.00 e. The summed E-state index contributed by atoms with van der Waals surface area (Å²) >= 11 is 0. The number of hydrogen-bond acceptors (Lipinski definition) is 3. The van der Waals surface area contributed by atoms with Crippen LogP contribution in [0.5, 0.6) is 0 Å². The third-order valence-electron chi connectivity index (χ3n) is 4.14. The smallest absolute Gasteiger partial charge is 0.548 e. The number of carboxylic acid groups (broad SMARTS) is 1. The minimum atomic E-state index is -1.19. The molecule has 0 aromatic rings. The molecule has 2 amide bonds. The van der Waals surface area contributed by atoms with Crippen LogP contribution in [0.3, 0.4) is 0 Å². The van der Waals surface area contributed by atoms with Crippen LogP contribution in [-0.4, -0.2) is 36.0 Å². The average molecular weight is 276 g/mol. The molecular weight excluding hydrogens is 251 g/mol. The normalized spacial score (nSPS) is 17.9. The third kappa shape index (κ3) is 5.38. The molecular formula is C14H25LiN2O3. The Morgan fingerprint density at radius 1 is 1.25 bits per heavy atom. The first-order valence-corrected chi connectivity index (χ1v) is 7.18. The molecule has 0 spiro atoms. The SMILES string of the molecule is CCN(CC)C(=O)N[C@@H](CC1(C)CCCC1)C(=O)[O-].[Li+]. The van der Waals surface area contributed by atoms with Crippen LogP contribution >= 0.6 is 0 Å². The van der Waals surface area contributed by atoms with Crippen molar-refractivity contribution in [2.75, 3.05) is 13.1 Å². The van der Waals surface area contributed by atoms with Gasteiger partial charge >= 0.3 is 24.9 Å². The summed E-state index contributed by atoms with van der Waals surface area (Å²) < 4.78 is 0. The summed E-state index contributed by atoms with van der Waals surface area (Å²) in [5, 5.41) is 13.8. The zero-order valence-electron chi connectivity index (χ0n) is 13.2. The van der Waals surface area contributed by atoms with Crippen LogP contribution in [0, 0.1) is 5.41 Å². The Morgan fingerprint density at radius 3 is 2.15 bits per heavy atom. The first-order valence-electron chi connectivity index (χ1n) is 7.18. The Labute approximate surface area is 133 Å². The van der Waals surface area contributed by atoms with Gasteiger partial charge < -0.3 is 20.1 Å². The molecule has 0 saturated heterocycles. The van der Waals surface area contributed by atoms with Crippen molar-refractivity contribution in [3.8, 4) is 0 Å². The molecule has 0 bridgehead atoms. The van der Waals surface area contributed by atoms with Crippen LogP contribution < -0.4 is 29.3 Å². The Kier molecular flexibility index (Phi) is 8.30. The van der Waals surface area contributed by atoms with E-state index in [0.717, 1.165) is 25.7 Å². The number of carbonyl (C=O) groups is 2. The van der Waals surface area contributed by atoms with Crippen molar-refractivity contribution < 1.29 is 33.6 Å². The molecule has 1 aliphatic rings. The van der Waals surface area contributed by atoms with Gasteiger partial charge in [0.05, 0.1) is 12.0 Å². The number of carbonyl (C=O) groups excluding carboxylic acids is 2. The number of carboxylic acids is 1. The maximum atomic E-state index is 11.9. The van der Waals surface area contributed by atoms with Crippen LogP contribution in [0.15, 0.2) is 0 Å². The zero-order chi connectivity index (χ0) is 14.5. The summed E-state index contributed by atoms with van der Waals surface area (Å²) in [5.41, 5.74) is 0.0152. The second-order valence-electron chi connectivity index (χ2n) is 5.72. The van der Waals surface area contributed by atoms with Crippen molar-refractivity contribution in [2.45, 2.75) is 58.9 Å². The van der Waals surface area contributed by atoms with Crippen LogP contribution in [-0.2, 0) is 4.79 Å². The predicted molar refractivity (Wildman–Crippen MR) is 71.4 cm³/mol. The van der Waals surface area contributed by atoms with Gasteiger partial charge in [-0.1, -0.05) is 19.8 Å². The van der Waals surface area contributed by atoms with Crippen molar-refractivity contribution in [3.05, 3.63) is 0 Å². The fraction of sp³-hybridized carbons (Fsp3) is 0.857. The molecule has 1 atom stereocenters. The van der Waals surface area contributed by atoms with E-state index in [-0.39, 0.29) is 30.3 Å². The Balaban J connectivity index is 0.00000361. The van der Waals surface area contributed by atoms with Gasteiger partial charge in [-0.25, -0.2) is 4.79 Å². The van der Waals surface area contributed by atoms with E-state index in [1.54, 1.807) is 4.90 Å². The molecule has 0 heterocycles. The van der Waals surface area contributed by atoms with Gasteiger partial charge in [-0.15, -0.1) is 0 Å². The van der Waals surface area contributed by atoms with Gasteiger partial charge in [0.15, 0.2) is 0 Å². The number of nitrogens with zero attached hydrogens (tertiary/aromatic N) is 1. The second-order valence-corrected chi connectivity index (χ2v) is 5.72. The standard InChI is InChI=1S/C14H26N2O3.Li/c1-4-16(5-2)13(19)15-11(12(17)18)10-14(3)8-6-7-9-14;/h11H,4-10H2,1-3H3,(H,15,19)(H,17,18);/q;+1/p-1/t11-;/m0./s1. The van der Waals surface area contributed by atoms with E-state index in [1.165, 1.54) is 0 Å². The van der Waals surface area contributed by atoms with Crippen LogP contribution in [0.25, 0.3) is 0 Å². The molecule has 1 fully saturated rings. The van der Waals surface area contributed by atoms with E-state index in [0.29, 0.717) is 19.5 Å². The van der Waals surface area contributed by atoms with Gasteiger partial charge in [0, 0.05) is 13.1 Å². The summed E-state index contributed by atoms with van der Waals surface area (Å²) in [6.07, 6.45) is 4.79. The molecule has 1 rings (SSSR count). The van der Waals surface area contributed by atoms with Crippen LogP contribution in [0.4, 0.5) is 4.79 Å². The predicted octanol–water partition coefficient (Wildman–Crippen LogP) is -1.87. The summed E-state index contributed by atoms with van der Waals surface area (Å²) in [7, 11) is 0. The van der Waals surface area contributed by atoms with E-state index in [9.17, 15) is 14.7 Å². The fourth-order valence-corrected chi connectivity index (χ4v) is 2.87. The van der Waals surface area contributed by atoms with Gasteiger partial charge in [-0.3, -0.25) is 0 Å². The van der Waals surface area contributed by atoms with Crippen LogP contribution in [0.2, 0.25) is 0 Å². The van der Waals surface area contributed by atoms with E-state index in [4.69, 9.17) is 0 Å². The Morgan fingerprint density at radius 2 is 1.75 bits per heavy atom. The van der Waals surface area contributed by atoms with Crippen molar-refractivity contribution >= 4 is 12.0 Å². The quantitative estimate of drug-likeness (QED) is 0.578. The molecule has 20 heavy (non-hydrogen) atoms. The largest absolute Gasteiger partial charge is 1.00 e. The summed E-state index contributed by atoms with van der Waals surface area (Å²) in [6.45, 7) is 6.98. The second kappa shape index (κ2) is 8.59. The van der Waals surface area contributed by atoms with E-state index in [1.807, 2.05) is 13.8 Å². The molecule has 5 nitrogen and oxygen atoms in total. The van der Waals surface area contributed by atoms with Gasteiger partial charge in [-0.05, 0) is 38.5 Å². The van der Waals surface area contributed by atoms with Gasteiger partial charge in [0.1, 0.15) is 0 Å². The van der Waals surface area contributed by atoms with E-state index in [2.05, 4.69) is 12.2 Å². The molecule has 0 aromatic heterocycles. The maximum absolute atomic E-state index is 11.9. The molecule has 0 radical (unpaired) electrons. The molecule has 1 aliphatic carbocycles. The number of aliphatic carboxylic acids is 1. The topological polar surface area (TPSA) is 72.5 Å². The van der Waals surface area contributed by atoms with E-state index < -0.39 is 12.0 Å². The Hall–Kier alpha value is -0.663. The molecule has 1 N–H and O–H groups in total. The number of amides is 2. The van der Waals surface area contributed by atoms with Gasteiger partial charge in [-0.2, -0.15) is 0 Å². The first-order chi connectivity index (χ1) is 8.91. The average Bonchev–Trinajstić information content (AvgIpc) is 2.76. The minimum Gasteiger partial charge on any atom is -0.548 e. The van der Waals surface area contributed by atoms with Crippen LogP contribution in [0.1, 0.15) is 52.9 Å². The molecule has 0 unspecified atom stereocenters. The third-order valence-corrected chi connectivity index (χ3v) is 4.14. The Bertz CT molecular complexity index is 326. The molecule has 0 aliphatic heterocycles. The summed E-state index contributed by atoms with van der Waals surface area (Å²) in [4.78, 5) is 24.7. The minimum absolute atomic E-state index is 0. The molecule has 110 valence electrons. The zero-order valence-corrected chi connectivity index (χ0v) is 13.2. The monoisotopic (exact) mass is 276 g/mol. The number of hydrogen-bond donors (Lipinski definition) is 1. The first kappa shape index (κ1) is 19.3. The summed E-state index contributed by atoms with van der Waals surface area (Å²) in [5.74, 6) is -1.19. The number of nitrogens with one attached hydrogen (secondary N) is 1. The van der Waals surface area contributed by atoms with Crippen molar-refractivity contribution in [1.82, 2.24) is 10.2 Å².